The average molecular weight is 296 g/mol. The van der Waals surface area contributed by atoms with E-state index < -0.39 is 0 Å². The van der Waals surface area contributed by atoms with E-state index in [2.05, 4.69) is 26.1 Å². The van der Waals surface area contributed by atoms with Gasteiger partial charge in [0.25, 0.3) is 0 Å². The fraction of sp³-hybridized carbons (Fsp3) is 1.00. The Hall–Kier alpha value is -0.0400. The molecule has 0 heterocycles. The van der Waals surface area contributed by atoms with Crippen molar-refractivity contribution in [2.45, 2.75) is 110 Å². The van der Waals surface area contributed by atoms with E-state index in [4.69, 9.17) is 0 Å². The molecular formula is C20H41N. The topological polar surface area (TPSA) is 12.0 Å². The van der Waals surface area contributed by atoms with Gasteiger partial charge < -0.3 is 5.32 Å². The maximum Gasteiger partial charge on any atom is 0.00697 e. The third-order valence-electron chi connectivity index (χ3n) is 5.49. The van der Waals surface area contributed by atoms with Crippen LogP contribution < -0.4 is 5.32 Å². The summed E-state index contributed by atoms with van der Waals surface area (Å²) in [6.45, 7) is 8.21. The lowest BCUT2D eigenvalue weighted by atomic mass is 9.83. The van der Waals surface area contributed by atoms with E-state index in [0.717, 1.165) is 17.9 Å². The van der Waals surface area contributed by atoms with Crippen LogP contribution in [-0.2, 0) is 0 Å². The van der Waals surface area contributed by atoms with Crippen molar-refractivity contribution >= 4 is 0 Å². The lowest BCUT2D eigenvalue weighted by Crippen LogP contribution is -2.32. The Bertz CT molecular complexity index is 220. The molecule has 0 saturated heterocycles. The molecule has 0 aromatic rings. The number of rotatable bonds is 12. The van der Waals surface area contributed by atoms with Crippen LogP contribution in [0.15, 0.2) is 0 Å². The van der Waals surface area contributed by atoms with Crippen molar-refractivity contribution in [2.24, 2.45) is 11.8 Å². The van der Waals surface area contributed by atoms with Crippen LogP contribution in [0, 0.1) is 11.8 Å². The summed E-state index contributed by atoms with van der Waals surface area (Å²) in [4.78, 5) is 0. The van der Waals surface area contributed by atoms with Crippen LogP contribution in [0.25, 0.3) is 0 Å². The number of hydrogen-bond donors (Lipinski definition) is 1. The summed E-state index contributed by atoms with van der Waals surface area (Å²) in [6, 6.07) is 0.786. The zero-order valence-corrected chi connectivity index (χ0v) is 15.1. The number of nitrogens with one attached hydrogen (secondary N) is 1. The predicted molar refractivity (Wildman–Crippen MR) is 95.8 cm³/mol. The molecule has 0 amide bonds. The molecule has 0 spiro atoms. The molecule has 0 aromatic heterocycles. The van der Waals surface area contributed by atoms with Crippen LogP contribution in [0.5, 0.6) is 0 Å². The molecule has 1 saturated carbocycles. The third-order valence-corrected chi connectivity index (χ3v) is 5.49. The fourth-order valence-electron chi connectivity index (χ4n) is 3.95. The maximum absolute atomic E-state index is 3.85. The first-order valence-corrected chi connectivity index (χ1v) is 10.0. The first kappa shape index (κ1) is 19.0. The normalized spacial score (nSPS) is 19.6. The van der Waals surface area contributed by atoms with Crippen molar-refractivity contribution in [3.8, 4) is 0 Å². The van der Waals surface area contributed by atoms with Crippen LogP contribution in [0.4, 0.5) is 0 Å². The lowest BCUT2D eigenvalue weighted by Gasteiger charge is -2.27. The van der Waals surface area contributed by atoms with Crippen molar-refractivity contribution in [3.63, 3.8) is 0 Å². The van der Waals surface area contributed by atoms with E-state index >= 15 is 0 Å². The first-order valence-electron chi connectivity index (χ1n) is 10.0. The van der Waals surface area contributed by atoms with Crippen molar-refractivity contribution < 1.29 is 0 Å². The van der Waals surface area contributed by atoms with Gasteiger partial charge in [-0.2, -0.15) is 0 Å². The first-order chi connectivity index (χ1) is 10.3. The molecule has 0 aliphatic heterocycles. The highest BCUT2D eigenvalue weighted by molar-refractivity contribution is 4.75. The summed E-state index contributed by atoms with van der Waals surface area (Å²) >= 11 is 0. The Balaban J connectivity index is 2.33. The summed E-state index contributed by atoms with van der Waals surface area (Å²) in [5.41, 5.74) is 0. The van der Waals surface area contributed by atoms with Gasteiger partial charge in [-0.05, 0) is 44.1 Å². The zero-order valence-electron chi connectivity index (χ0n) is 15.1. The quantitative estimate of drug-likeness (QED) is 0.444. The highest BCUT2D eigenvalue weighted by atomic mass is 14.9. The van der Waals surface area contributed by atoms with Gasteiger partial charge in [0.1, 0.15) is 0 Å². The van der Waals surface area contributed by atoms with Gasteiger partial charge in [0.05, 0.1) is 0 Å². The summed E-state index contributed by atoms with van der Waals surface area (Å²) in [5.74, 6) is 1.99. The Kier molecular flexibility index (Phi) is 11.3. The molecule has 2 unspecified atom stereocenters. The van der Waals surface area contributed by atoms with E-state index in [1.807, 2.05) is 0 Å². The number of hydrogen-bond acceptors (Lipinski definition) is 1. The Labute approximate surface area is 134 Å². The predicted octanol–water partition coefficient (Wildman–Crippen LogP) is 6.32. The lowest BCUT2D eigenvalue weighted by molar-refractivity contribution is 0.285. The summed E-state index contributed by atoms with van der Waals surface area (Å²) < 4.78 is 0. The van der Waals surface area contributed by atoms with Gasteiger partial charge in [-0.25, -0.2) is 0 Å². The molecule has 1 fully saturated rings. The minimum Gasteiger partial charge on any atom is -0.314 e. The summed E-state index contributed by atoms with van der Waals surface area (Å²) in [6.07, 6.45) is 18.7. The maximum atomic E-state index is 3.85. The molecule has 1 heteroatoms. The molecule has 1 nitrogen and oxygen atoms in total. The molecule has 126 valence electrons. The molecule has 1 aliphatic carbocycles. The Morgan fingerprint density at radius 3 is 2.33 bits per heavy atom. The van der Waals surface area contributed by atoms with E-state index in [1.54, 1.807) is 0 Å². The van der Waals surface area contributed by atoms with Crippen molar-refractivity contribution in [1.82, 2.24) is 5.32 Å². The standard InChI is InChI=1S/C20H41N/c1-4-7-11-18(6-3)17-20(21-16-5-2)15-14-19-12-9-8-10-13-19/h18-21H,4-17H2,1-3H3. The smallest absolute Gasteiger partial charge is 0.00697 e. The fourth-order valence-corrected chi connectivity index (χ4v) is 3.95. The van der Waals surface area contributed by atoms with Gasteiger partial charge in [0.15, 0.2) is 0 Å². The van der Waals surface area contributed by atoms with Crippen LogP contribution in [0.2, 0.25) is 0 Å². The molecule has 2 atom stereocenters. The van der Waals surface area contributed by atoms with Gasteiger partial charge in [0.2, 0.25) is 0 Å². The molecule has 1 N–H and O–H groups in total. The SMILES string of the molecule is CCCCC(CC)CC(CCC1CCCCC1)NCCC. The second-order valence-electron chi connectivity index (χ2n) is 7.38. The second-order valence-corrected chi connectivity index (χ2v) is 7.38. The van der Waals surface area contributed by atoms with Gasteiger partial charge in [-0.15, -0.1) is 0 Å². The monoisotopic (exact) mass is 295 g/mol. The minimum atomic E-state index is 0.786. The van der Waals surface area contributed by atoms with E-state index in [1.165, 1.54) is 90.0 Å². The Morgan fingerprint density at radius 2 is 1.71 bits per heavy atom. The van der Waals surface area contributed by atoms with Crippen LogP contribution in [-0.4, -0.2) is 12.6 Å². The minimum absolute atomic E-state index is 0.786. The van der Waals surface area contributed by atoms with E-state index in [-0.39, 0.29) is 0 Å². The molecule has 0 radical (unpaired) electrons. The van der Waals surface area contributed by atoms with Crippen molar-refractivity contribution in [3.05, 3.63) is 0 Å². The highest BCUT2D eigenvalue weighted by Crippen LogP contribution is 2.29. The van der Waals surface area contributed by atoms with Gasteiger partial charge in [0, 0.05) is 6.04 Å². The molecule has 0 aromatic carbocycles. The molecular weight excluding hydrogens is 254 g/mol. The summed E-state index contributed by atoms with van der Waals surface area (Å²) in [7, 11) is 0. The second kappa shape index (κ2) is 12.5. The molecule has 21 heavy (non-hydrogen) atoms. The van der Waals surface area contributed by atoms with Gasteiger partial charge >= 0.3 is 0 Å². The van der Waals surface area contributed by atoms with Crippen LogP contribution in [0.1, 0.15) is 104 Å². The summed E-state index contributed by atoms with van der Waals surface area (Å²) in [5, 5.41) is 3.85. The van der Waals surface area contributed by atoms with Gasteiger partial charge in [-0.1, -0.05) is 78.6 Å². The average Bonchev–Trinajstić information content (AvgIpc) is 2.54. The van der Waals surface area contributed by atoms with Crippen LogP contribution >= 0.6 is 0 Å². The third kappa shape index (κ3) is 8.86. The largest absolute Gasteiger partial charge is 0.314 e. The van der Waals surface area contributed by atoms with Crippen LogP contribution in [0.3, 0.4) is 0 Å². The molecule has 1 rings (SSSR count). The zero-order chi connectivity index (χ0) is 15.3. The molecule has 0 bridgehead atoms. The molecule has 1 aliphatic rings. The Morgan fingerprint density at radius 1 is 0.952 bits per heavy atom. The van der Waals surface area contributed by atoms with Gasteiger partial charge in [-0.3, -0.25) is 0 Å². The van der Waals surface area contributed by atoms with E-state index in [0.29, 0.717) is 0 Å². The number of unbranched alkanes of at least 4 members (excludes halogenated alkanes) is 1. The van der Waals surface area contributed by atoms with E-state index in [9.17, 15) is 0 Å². The van der Waals surface area contributed by atoms with Crippen molar-refractivity contribution in [2.75, 3.05) is 6.54 Å². The van der Waals surface area contributed by atoms with Crippen molar-refractivity contribution in [1.29, 1.82) is 0 Å². The highest BCUT2D eigenvalue weighted by Gasteiger charge is 2.18.